The van der Waals surface area contributed by atoms with Gasteiger partial charge < -0.3 is 40.2 Å². The van der Waals surface area contributed by atoms with Crippen molar-refractivity contribution in [2.45, 2.75) is 26.2 Å². The number of hydrogen-bond donors (Lipinski definition) is 5. The Kier molecular flexibility index (Phi) is 23.4. The highest BCUT2D eigenvalue weighted by Crippen LogP contribution is 2.02. The maximum absolute atomic E-state index is 12.7. The van der Waals surface area contributed by atoms with E-state index in [1.165, 1.54) is 0 Å². The maximum atomic E-state index is 12.7. The number of rotatable bonds is 23. The minimum atomic E-state index is -1.01. The Bertz CT molecular complexity index is 866. The molecule has 1 fully saturated rings. The Morgan fingerprint density at radius 1 is 0.500 bits per heavy atom. The molecule has 0 spiro atoms. The van der Waals surface area contributed by atoms with Crippen LogP contribution in [0.2, 0.25) is 0 Å². The van der Waals surface area contributed by atoms with Crippen LogP contribution in [0.5, 0.6) is 0 Å². The zero-order chi connectivity index (χ0) is 34.0. The molecule has 0 aromatic heterocycles. The van der Waals surface area contributed by atoms with Gasteiger partial charge in [0.05, 0.1) is 52.6 Å². The quantitative estimate of drug-likeness (QED) is 0.0745. The van der Waals surface area contributed by atoms with E-state index in [4.69, 9.17) is 14.2 Å². The van der Waals surface area contributed by atoms with Crippen LogP contribution in [-0.2, 0) is 38.2 Å². The molecule has 266 valence electrons. The molecule has 1 saturated heterocycles. The van der Waals surface area contributed by atoms with E-state index in [1.807, 2.05) is 4.90 Å². The second-order valence-electron chi connectivity index (χ2n) is 10.9. The number of carboxylic acid groups (broad SMARTS) is 3. The Morgan fingerprint density at radius 3 is 1.13 bits per heavy atom. The van der Waals surface area contributed by atoms with Gasteiger partial charge in [-0.15, -0.1) is 0 Å². The van der Waals surface area contributed by atoms with Gasteiger partial charge >= 0.3 is 17.9 Å². The van der Waals surface area contributed by atoms with Gasteiger partial charge in [0.25, 0.3) is 0 Å². The number of ether oxygens (including phenoxy) is 3. The summed E-state index contributed by atoms with van der Waals surface area (Å²) in [6, 6.07) is 0. The number of nitrogens with one attached hydrogen (secondary N) is 2. The van der Waals surface area contributed by atoms with Crippen molar-refractivity contribution in [3.8, 4) is 0 Å². The fourth-order valence-electron chi connectivity index (χ4n) is 4.51. The third-order valence-electron chi connectivity index (χ3n) is 7.01. The van der Waals surface area contributed by atoms with Crippen LogP contribution < -0.4 is 10.6 Å². The third-order valence-corrected chi connectivity index (χ3v) is 7.01. The molecule has 17 nitrogen and oxygen atoms in total. The van der Waals surface area contributed by atoms with Crippen LogP contribution in [0.15, 0.2) is 0 Å². The van der Waals surface area contributed by atoms with E-state index in [1.54, 1.807) is 21.6 Å². The fraction of sp³-hybridized carbons (Fsp3) is 0.828. The molecule has 2 amide bonds. The van der Waals surface area contributed by atoms with Crippen LogP contribution in [0, 0.1) is 0 Å². The lowest BCUT2D eigenvalue weighted by Crippen LogP contribution is -2.49. The zero-order valence-electron chi connectivity index (χ0n) is 27.2. The topological polar surface area (TPSA) is 211 Å². The first-order chi connectivity index (χ1) is 22.1. The second kappa shape index (κ2) is 26.2. The second-order valence-corrected chi connectivity index (χ2v) is 10.9. The standard InChI is InChI=1S/C29H54N6O11/c1-2-25(36)30-5-3-15-44-17-19-46-20-18-45-16-4-6-31-26(37)21-32-7-9-33(22-27(38)39)11-13-35(24-29(42)43)14-12-34(10-8-32)23-28(40)41/h2-24H2,1H3,(H,30,36)(H,31,37)(H,38,39)(H,40,41)(H,42,43). The van der Waals surface area contributed by atoms with Crippen LogP contribution in [0.3, 0.4) is 0 Å². The fourth-order valence-corrected chi connectivity index (χ4v) is 4.51. The highest BCUT2D eigenvalue weighted by Gasteiger charge is 2.21. The van der Waals surface area contributed by atoms with Gasteiger partial charge in [-0.25, -0.2) is 0 Å². The van der Waals surface area contributed by atoms with Crippen molar-refractivity contribution in [3.63, 3.8) is 0 Å². The van der Waals surface area contributed by atoms with Crippen molar-refractivity contribution < 1.29 is 53.5 Å². The lowest BCUT2D eigenvalue weighted by Gasteiger charge is -2.32. The lowest BCUT2D eigenvalue weighted by atomic mass is 10.3. The normalized spacial score (nSPS) is 16.3. The highest BCUT2D eigenvalue weighted by atomic mass is 16.5. The average Bonchev–Trinajstić information content (AvgIpc) is 2.99. The number of hydrogen-bond acceptors (Lipinski definition) is 12. The number of amides is 2. The van der Waals surface area contributed by atoms with E-state index < -0.39 is 17.9 Å². The minimum Gasteiger partial charge on any atom is -0.480 e. The average molecular weight is 663 g/mol. The number of carbonyl (C=O) groups is 5. The van der Waals surface area contributed by atoms with Crippen molar-refractivity contribution in [2.24, 2.45) is 0 Å². The molecule has 5 N–H and O–H groups in total. The largest absolute Gasteiger partial charge is 0.480 e. The van der Waals surface area contributed by atoms with Gasteiger partial charge in [-0.3, -0.25) is 43.6 Å². The summed E-state index contributed by atoms with van der Waals surface area (Å²) in [6.45, 7) is 7.68. The first kappa shape index (κ1) is 41.1. The minimum absolute atomic E-state index is 0.0289. The van der Waals surface area contributed by atoms with Crippen molar-refractivity contribution >= 4 is 29.7 Å². The van der Waals surface area contributed by atoms with Gasteiger partial charge in [0.15, 0.2) is 0 Å². The molecule has 0 aromatic rings. The monoisotopic (exact) mass is 662 g/mol. The molecule has 17 heteroatoms. The molecular formula is C29H54N6O11. The number of carboxylic acids is 3. The molecule has 0 radical (unpaired) electrons. The number of nitrogens with zero attached hydrogens (tertiary/aromatic N) is 4. The molecule has 1 aliphatic rings. The van der Waals surface area contributed by atoms with Crippen LogP contribution in [0.1, 0.15) is 26.2 Å². The molecule has 0 aliphatic carbocycles. The Balaban J connectivity index is 2.37. The van der Waals surface area contributed by atoms with E-state index >= 15 is 0 Å². The van der Waals surface area contributed by atoms with Gasteiger partial charge in [0.1, 0.15) is 0 Å². The predicted molar refractivity (Wildman–Crippen MR) is 167 cm³/mol. The summed E-state index contributed by atoms with van der Waals surface area (Å²) in [7, 11) is 0. The number of aliphatic carboxylic acids is 3. The van der Waals surface area contributed by atoms with Gasteiger partial charge in [0.2, 0.25) is 11.8 Å². The van der Waals surface area contributed by atoms with Crippen molar-refractivity contribution in [2.75, 3.05) is 131 Å². The molecule has 0 atom stereocenters. The molecule has 0 saturated carbocycles. The Morgan fingerprint density at radius 2 is 0.804 bits per heavy atom. The Hall–Kier alpha value is -2.93. The summed E-state index contributed by atoms with van der Waals surface area (Å²) < 4.78 is 16.4. The molecular weight excluding hydrogens is 608 g/mol. The molecule has 1 aliphatic heterocycles. The summed E-state index contributed by atoms with van der Waals surface area (Å²) in [4.78, 5) is 65.0. The molecule has 0 bridgehead atoms. The van der Waals surface area contributed by atoms with E-state index in [-0.39, 0.29) is 38.0 Å². The Labute approximate surface area is 271 Å². The summed E-state index contributed by atoms with van der Waals surface area (Å²) in [6.07, 6.45) is 1.83. The summed E-state index contributed by atoms with van der Waals surface area (Å²) in [5.74, 6) is -3.19. The third kappa shape index (κ3) is 23.4. The van der Waals surface area contributed by atoms with Gasteiger partial charge in [-0.1, -0.05) is 6.92 Å². The molecule has 0 aromatic carbocycles. The number of carbonyl (C=O) groups excluding carboxylic acids is 2. The van der Waals surface area contributed by atoms with Crippen molar-refractivity contribution in [1.29, 1.82) is 0 Å². The van der Waals surface area contributed by atoms with Crippen LogP contribution >= 0.6 is 0 Å². The van der Waals surface area contributed by atoms with Crippen LogP contribution in [0.25, 0.3) is 0 Å². The summed E-state index contributed by atoms with van der Waals surface area (Å²) >= 11 is 0. The predicted octanol–water partition coefficient (Wildman–Crippen LogP) is -2.07. The van der Waals surface area contributed by atoms with Crippen LogP contribution in [0.4, 0.5) is 0 Å². The van der Waals surface area contributed by atoms with E-state index in [9.17, 15) is 39.3 Å². The SMILES string of the molecule is CCC(=O)NCCCOCCOCCOCCCNC(=O)CN1CCN(CC(=O)O)CCN(CC(=O)O)CCN(CC(=O)O)CC1. The van der Waals surface area contributed by atoms with Gasteiger partial charge in [0, 0.05) is 85.1 Å². The molecule has 0 unspecified atom stereocenters. The summed E-state index contributed by atoms with van der Waals surface area (Å²) in [5, 5.41) is 33.6. The molecule has 1 rings (SSSR count). The van der Waals surface area contributed by atoms with E-state index in [2.05, 4.69) is 10.6 Å². The lowest BCUT2D eigenvalue weighted by molar-refractivity contribution is -0.140. The maximum Gasteiger partial charge on any atom is 0.317 e. The van der Waals surface area contributed by atoms with Gasteiger partial charge in [-0.05, 0) is 12.8 Å². The first-order valence-electron chi connectivity index (χ1n) is 15.9. The van der Waals surface area contributed by atoms with E-state index in [0.29, 0.717) is 118 Å². The van der Waals surface area contributed by atoms with Crippen molar-refractivity contribution in [3.05, 3.63) is 0 Å². The van der Waals surface area contributed by atoms with Crippen LogP contribution in [-0.4, -0.2) is 196 Å². The van der Waals surface area contributed by atoms with Gasteiger partial charge in [-0.2, -0.15) is 0 Å². The highest BCUT2D eigenvalue weighted by molar-refractivity contribution is 5.78. The zero-order valence-corrected chi connectivity index (χ0v) is 27.2. The molecule has 46 heavy (non-hydrogen) atoms. The summed E-state index contributed by atoms with van der Waals surface area (Å²) in [5.41, 5.74) is 0. The van der Waals surface area contributed by atoms with Crippen molar-refractivity contribution in [1.82, 2.24) is 30.2 Å². The smallest absolute Gasteiger partial charge is 0.317 e. The van der Waals surface area contributed by atoms with E-state index in [0.717, 1.165) is 6.42 Å². The molecule has 1 heterocycles. The first-order valence-corrected chi connectivity index (χ1v) is 15.9.